The highest BCUT2D eigenvalue weighted by atomic mass is 16.5. The third-order valence-electron chi connectivity index (χ3n) is 4.05. The molecule has 0 radical (unpaired) electrons. The van der Waals surface area contributed by atoms with E-state index in [-0.39, 0.29) is 11.8 Å². The quantitative estimate of drug-likeness (QED) is 0.894. The zero-order chi connectivity index (χ0) is 15.5. The number of carbonyl (C=O) groups excluding carboxylic acids is 2. The Morgan fingerprint density at radius 2 is 1.95 bits per heavy atom. The van der Waals surface area contributed by atoms with Crippen molar-refractivity contribution in [3.8, 4) is 0 Å². The van der Waals surface area contributed by atoms with E-state index in [9.17, 15) is 9.59 Å². The molecule has 5 heteroatoms. The van der Waals surface area contributed by atoms with Gasteiger partial charge in [0.2, 0.25) is 11.8 Å². The zero-order valence-electron chi connectivity index (χ0n) is 12.8. The van der Waals surface area contributed by atoms with Crippen LogP contribution in [-0.4, -0.2) is 42.5 Å². The van der Waals surface area contributed by atoms with E-state index in [1.165, 1.54) is 0 Å². The van der Waals surface area contributed by atoms with Crippen LogP contribution in [0, 0.1) is 0 Å². The highest BCUT2D eigenvalue weighted by Crippen LogP contribution is 2.30. The lowest BCUT2D eigenvalue weighted by molar-refractivity contribution is -0.155. The highest BCUT2D eigenvalue weighted by molar-refractivity contribution is 6.00. The number of carbonyl (C=O) groups is 2. The van der Waals surface area contributed by atoms with Crippen LogP contribution in [0.25, 0.3) is 0 Å². The van der Waals surface area contributed by atoms with Gasteiger partial charge in [-0.05, 0) is 18.9 Å². The third-order valence-corrected chi connectivity index (χ3v) is 4.05. The summed E-state index contributed by atoms with van der Waals surface area (Å²) in [5.74, 6) is -0.197. The lowest BCUT2D eigenvalue weighted by atomic mass is 9.89. The molecule has 2 amide bonds. The summed E-state index contributed by atoms with van der Waals surface area (Å²) < 4.78 is 5.09. The van der Waals surface area contributed by atoms with E-state index in [0.29, 0.717) is 19.6 Å². The van der Waals surface area contributed by atoms with Gasteiger partial charge in [-0.15, -0.1) is 0 Å². The summed E-state index contributed by atoms with van der Waals surface area (Å²) in [6.45, 7) is 4.48. The maximum atomic E-state index is 12.8. The van der Waals surface area contributed by atoms with E-state index in [1.807, 2.05) is 37.3 Å². The molecule has 2 atom stereocenters. The zero-order valence-corrected chi connectivity index (χ0v) is 12.8. The Bertz CT molecular complexity index is 518. The molecule has 0 spiro atoms. The summed E-state index contributed by atoms with van der Waals surface area (Å²) in [6.07, 6.45) is 0.558. The number of piperazine rings is 1. The van der Waals surface area contributed by atoms with Crippen LogP contribution in [0.5, 0.6) is 0 Å². The molecule has 1 N–H and O–H groups in total. The van der Waals surface area contributed by atoms with Crippen molar-refractivity contribution in [1.82, 2.24) is 10.2 Å². The van der Waals surface area contributed by atoms with Gasteiger partial charge in [0, 0.05) is 13.7 Å². The summed E-state index contributed by atoms with van der Waals surface area (Å²) in [4.78, 5) is 26.9. The van der Waals surface area contributed by atoms with Crippen molar-refractivity contribution in [2.75, 3.05) is 20.3 Å². The molecular weight excluding hydrogens is 268 g/mol. The fourth-order valence-corrected chi connectivity index (χ4v) is 2.60. The molecular formula is C16H22N2O3. The number of hydrogen-bond donors (Lipinski definition) is 1. The van der Waals surface area contributed by atoms with Gasteiger partial charge in [-0.3, -0.25) is 9.59 Å². The summed E-state index contributed by atoms with van der Waals surface area (Å²) in [6, 6.07) is 8.78. The number of methoxy groups -OCH3 is 1. The molecule has 0 bridgehead atoms. The predicted octanol–water partition coefficient (Wildman–Crippen LogP) is 1.50. The summed E-state index contributed by atoms with van der Waals surface area (Å²) in [7, 11) is 1.59. The lowest BCUT2D eigenvalue weighted by Crippen LogP contribution is -2.66. The van der Waals surface area contributed by atoms with Crippen molar-refractivity contribution < 1.29 is 14.3 Å². The lowest BCUT2D eigenvalue weighted by Gasteiger charge is -2.44. The highest BCUT2D eigenvalue weighted by Gasteiger charge is 2.47. The number of nitrogens with zero attached hydrogens (tertiary/aromatic N) is 1. The Kier molecular flexibility index (Phi) is 4.63. The number of amides is 2. The van der Waals surface area contributed by atoms with Crippen molar-refractivity contribution in [3.63, 3.8) is 0 Å². The van der Waals surface area contributed by atoms with Gasteiger partial charge >= 0.3 is 0 Å². The van der Waals surface area contributed by atoms with Crippen LogP contribution in [0.4, 0.5) is 0 Å². The molecule has 0 saturated carbocycles. The molecule has 1 saturated heterocycles. The van der Waals surface area contributed by atoms with E-state index in [0.717, 1.165) is 5.56 Å². The molecule has 0 aromatic heterocycles. The van der Waals surface area contributed by atoms with Crippen molar-refractivity contribution in [1.29, 1.82) is 0 Å². The van der Waals surface area contributed by atoms with E-state index < -0.39 is 11.6 Å². The smallest absolute Gasteiger partial charge is 0.249 e. The summed E-state index contributed by atoms with van der Waals surface area (Å²) >= 11 is 0. The van der Waals surface area contributed by atoms with Crippen LogP contribution < -0.4 is 5.32 Å². The van der Waals surface area contributed by atoms with Gasteiger partial charge in [-0.2, -0.15) is 0 Å². The first-order chi connectivity index (χ1) is 10.0. The number of benzene rings is 1. The first-order valence-corrected chi connectivity index (χ1v) is 7.20. The molecule has 21 heavy (non-hydrogen) atoms. The second-order valence-corrected chi connectivity index (χ2v) is 5.48. The maximum Gasteiger partial charge on any atom is 0.249 e. The van der Waals surface area contributed by atoms with Crippen LogP contribution in [0.15, 0.2) is 30.3 Å². The SMILES string of the molecule is CCC1(C)NC(=O)C(c2ccccc2)N(CCOC)C1=O. The minimum Gasteiger partial charge on any atom is -0.383 e. The molecule has 1 heterocycles. The first-order valence-electron chi connectivity index (χ1n) is 7.20. The van der Waals surface area contributed by atoms with Crippen LogP contribution in [0.1, 0.15) is 31.9 Å². The van der Waals surface area contributed by atoms with Gasteiger partial charge in [0.25, 0.3) is 0 Å². The van der Waals surface area contributed by atoms with Gasteiger partial charge in [-0.1, -0.05) is 37.3 Å². The monoisotopic (exact) mass is 290 g/mol. The molecule has 1 aromatic rings. The second-order valence-electron chi connectivity index (χ2n) is 5.48. The number of rotatable bonds is 5. The molecule has 2 unspecified atom stereocenters. The molecule has 1 aliphatic heterocycles. The molecule has 0 aliphatic carbocycles. The topological polar surface area (TPSA) is 58.6 Å². The fourth-order valence-electron chi connectivity index (χ4n) is 2.60. The second kappa shape index (κ2) is 6.26. The molecule has 114 valence electrons. The van der Waals surface area contributed by atoms with Crippen molar-refractivity contribution in [2.45, 2.75) is 31.8 Å². The van der Waals surface area contributed by atoms with E-state index in [1.54, 1.807) is 18.9 Å². The number of ether oxygens (including phenoxy) is 1. The van der Waals surface area contributed by atoms with Gasteiger partial charge in [0.1, 0.15) is 11.6 Å². The van der Waals surface area contributed by atoms with Crippen LogP contribution in [0.3, 0.4) is 0 Å². The Labute approximate surface area is 125 Å². The average Bonchev–Trinajstić information content (AvgIpc) is 2.50. The predicted molar refractivity (Wildman–Crippen MR) is 79.6 cm³/mol. The number of nitrogens with one attached hydrogen (secondary N) is 1. The Morgan fingerprint density at radius 3 is 2.52 bits per heavy atom. The molecule has 2 rings (SSSR count). The largest absolute Gasteiger partial charge is 0.383 e. The minimum absolute atomic E-state index is 0.0597. The Balaban J connectivity index is 2.37. The van der Waals surface area contributed by atoms with Crippen molar-refractivity contribution >= 4 is 11.8 Å². The standard InChI is InChI=1S/C16H22N2O3/c1-4-16(2)15(20)18(10-11-21-3)13(14(19)17-16)12-8-6-5-7-9-12/h5-9,13H,4,10-11H2,1-3H3,(H,17,19). The van der Waals surface area contributed by atoms with Crippen LogP contribution in [-0.2, 0) is 14.3 Å². The van der Waals surface area contributed by atoms with Crippen molar-refractivity contribution in [2.24, 2.45) is 0 Å². The summed E-state index contributed by atoms with van der Waals surface area (Å²) in [5.41, 5.74) is -0.0200. The maximum absolute atomic E-state index is 12.8. The van der Waals surface area contributed by atoms with E-state index in [2.05, 4.69) is 5.32 Å². The summed E-state index contributed by atoms with van der Waals surface area (Å²) in [5, 5.41) is 2.88. The Morgan fingerprint density at radius 1 is 1.29 bits per heavy atom. The van der Waals surface area contributed by atoms with Gasteiger partial charge in [-0.25, -0.2) is 0 Å². The van der Waals surface area contributed by atoms with Gasteiger partial charge in [0.05, 0.1) is 6.61 Å². The van der Waals surface area contributed by atoms with Gasteiger partial charge < -0.3 is 15.0 Å². The Hall–Kier alpha value is -1.88. The number of hydrogen-bond acceptors (Lipinski definition) is 3. The van der Waals surface area contributed by atoms with E-state index >= 15 is 0 Å². The molecule has 1 fully saturated rings. The third kappa shape index (κ3) is 2.93. The fraction of sp³-hybridized carbons (Fsp3) is 0.500. The first kappa shape index (κ1) is 15.5. The van der Waals surface area contributed by atoms with Crippen LogP contribution >= 0.6 is 0 Å². The van der Waals surface area contributed by atoms with Crippen molar-refractivity contribution in [3.05, 3.63) is 35.9 Å². The normalized spacial score (nSPS) is 25.9. The molecule has 5 nitrogen and oxygen atoms in total. The molecule has 1 aromatic carbocycles. The van der Waals surface area contributed by atoms with E-state index in [4.69, 9.17) is 4.74 Å². The minimum atomic E-state index is -0.837. The molecule has 1 aliphatic rings. The average molecular weight is 290 g/mol. The van der Waals surface area contributed by atoms with Crippen LogP contribution in [0.2, 0.25) is 0 Å². The van der Waals surface area contributed by atoms with Gasteiger partial charge in [0.15, 0.2) is 0 Å².